The highest BCUT2D eigenvalue weighted by atomic mass is 16.5. The molecule has 6 nitrogen and oxygen atoms in total. The maximum Gasteiger partial charge on any atom is 0.240 e. The van der Waals surface area contributed by atoms with Crippen LogP contribution in [0.5, 0.6) is 0 Å². The van der Waals surface area contributed by atoms with Crippen molar-refractivity contribution in [3.05, 3.63) is 11.7 Å². The van der Waals surface area contributed by atoms with Crippen LogP contribution in [-0.4, -0.2) is 47.0 Å². The average Bonchev–Trinajstić information content (AvgIpc) is 2.67. The van der Waals surface area contributed by atoms with Crippen LogP contribution in [0.25, 0.3) is 0 Å². The topological polar surface area (TPSA) is 71.6 Å². The molecule has 1 unspecified atom stereocenters. The average molecular weight is 229 g/mol. The summed E-state index contributed by atoms with van der Waals surface area (Å²) in [5.74, 6) is 1.10. The van der Waals surface area contributed by atoms with Gasteiger partial charge in [-0.05, 0) is 20.9 Å². The summed E-state index contributed by atoms with van der Waals surface area (Å²) in [6.07, 6.45) is -0.148. The minimum atomic E-state index is -0.148. The number of aromatic nitrogens is 2. The lowest BCUT2D eigenvalue weighted by atomic mass is 10.4. The summed E-state index contributed by atoms with van der Waals surface area (Å²) in [7, 11) is 1.88. The van der Waals surface area contributed by atoms with E-state index in [0.717, 1.165) is 0 Å². The standard InChI is InChI=1S/C10H19N3O3/c1-4-15-8(2)10-11-9(16-12-10)7-13(3)5-6-14/h8,14H,4-7H2,1-3H3. The lowest BCUT2D eigenvalue weighted by molar-refractivity contribution is 0.0683. The predicted octanol–water partition coefficient (Wildman–Crippen LogP) is 0.591. The highest BCUT2D eigenvalue weighted by Gasteiger charge is 2.14. The maximum atomic E-state index is 8.75. The van der Waals surface area contributed by atoms with Gasteiger partial charge in [0.1, 0.15) is 6.10 Å². The zero-order valence-electron chi connectivity index (χ0n) is 10.0. The fourth-order valence-corrected chi connectivity index (χ4v) is 1.30. The highest BCUT2D eigenvalue weighted by molar-refractivity contribution is 4.89. The number of aliphatic hydroxyl groups is 1. The molecular formula is C10H19N3O3. The summed E-state index contributed by atoms with van der Waals surface area (Å²) < 4.78 is 10.4. The Kier molecular flexibility index (Phi) is 5.37. The minimum absolute atomic E-state index is 0.118. The van der Waals surface area contributed by atoms with E-state index in [1.165, 1.54) is 0 Å². The summed E-state index contributed by atoms with van der Waals surface area (Å²) in [6.45, 7) is 5.66. The van der Waals surface area contributed by atoms with Crippen LogP contribution in [-0.2, 0) is 11.3 Å². The Morgan fingerprint density at radius 2 is 2.31 bits per heavy atom. The second-order valence-electron chi connectivity index (χ2n) is 3.61. The van der Waals surface area contributed by atoms with Crippen LogP contribution < -0.4 is 0 Å². The Hall–Kier alpha value is -0.980. The molecule has 0 fully saturated rings. The molecule has 1 heterocycles. The van der Waals surface area contributed by atoms with E-state index in [1.54, 1.807) is 0 Å². The van der Waals surface area contributed by atoms with Crippen LogP contribution in [0.1, 0.15) is 31.7 Å². The molecule has 0 saturated heterocycles. The van der Waals surface area contributed by atoms with E-state index in [-0.39, 0.29) is 12.7 Å². The van der Waals surface area contributed by atoms with E-state index in [9.17, 15) is 0 Å². The monoisotopic (exact) mass is 229 g/mol. The van der Waals surface area contributed by atoms with Gasteiger partial charge in [0.15, 0.2) is 5.82 Å². The minimum Gasteiger partial charge on any atom is -0.395 e. The van der Waals surface area contributed by atoms with E-state index < -0.39 is 0 Å². The van der Waals surface area contributed by atoms with Crippen molar-refractivity contribution < 1.29 is 14.4 Å². The van der Waals surface area contributed by atoms with Crippen LogP contribution in [0.4, 0.5) is 0 Å². The van der Waals surface area contributed by atoms with E-state index in [0.29, 0.717) is 31.4 Å². The number of likely N-dealkylation sites (N-methyl/N-ethyl adjacent to an activating group) is 1. The summed E-state index contributed by atoms with van der Waals surface area (Å²) in [4.78, 5) is 6.13. The van der Waals surface area contributed by atoms with Crippen molar-refractivity contribution in [1.29, 1.82) is 0 Å². The van der Waals surface area contributed by atoms with Crippen LogP contribution in [0.3, 0.4) is 0 Å². The van der Waals surface area contributed by atoms with Gasteiger partial charge in [-0.25, -0.2) is 0 Å². The van der Waals surface area contributed by atoms with Gasteiger partial charge in [-0.2, -0.15) is 4.98 Å². The number of ether oxygens (including phenoxy) is 1. The quantitative estimate of drug-likeness (QED) is 0.738. The van der Waals surface area contributed by atoms with E-state index in [1.807, 2.05) is 25.8 Å². The highest BCUT2D eigenvalue weighted by Crippen LogP contribution is 2.13. The van der Waals surface area contributed by atoms with Gasteiger partial charge in [-0.3, -0.25) is 4.90 Å². The Morgan fingerprint density at radius 1 is 1.56 bits per heavy atom. The zero-order chi connectivity index (χ0) is 12.0. The van der Waals surface area contributed by atoms with Gasteiger partial charge in [0, 0.05) is 13.2 Å². The number of nitrogens with zero attached hydrogens (tertiary/aromatic N) is 3. The summed E-state index contributed by atoms with van der Waals surface area (Å²) in [6, 6.07) is 0. The fourth-order valence-electron chi connectivity index (χ4n) is 1.30. The molecular weight excluding hydrogens is 210 g/mol. The first-order chi connectivity index (χ1) is 7.67. The van der Waals surface area contributed by atoms with Crippen molar-refractivity contribution in [2.75, 3.05) is 26.8 Å². The molecule has 1 aromatic heterocycles. The van der Waals surface area contributed by atoms with Crippen molar-refractivity contribution >= 4 is 0 Å². The van der Waals surface area contributed by atoms with E-state index in [4.69, 9.17) is 14.4 Å². The van der Waals surface area contributed by atoms with E-state index in [2.05, 4.69) is 10.1 Å². The molecule has 92 valence electrons. The number of hydrogen-bond donors (Lipinski definition) is 1. The Labute approximate surface area is 95.2 Å². The molecule has 0 aliphatic heterocycles. The van der Waals surface area contributed by atoms with Crippen LogP contribution in [0, 0.1) is 0 Å². The third kappa shape index (κ3) is 3.88. The van der Waals surface area contributed by atoms with Gasteiger partial charge in [0.25, 0.3) is 0 Å². The van der Waals surface area contributed by atoms with Gasteiger partial charge < -0.3 is 14.4 Å². The smallest absolute Gasteiger partial charge is 0.240 e. The van der Waals surface area contributed by atoms with E-state index >= 15 is 0 Å². The van der Waals surface area contributed by atoms with Crippen molar-refractivity contribution in [3.8, 4) is 0 Å². The molecule has 0 bridgehead atoms. The fraction of sp³-hybridized carbons (Fsp3) is 0.800. The first-order valence-electron chi connectivity index (χ1n) is 5.40. The molecule has 1 atom stereocenters. The van der Waals surface area contributed by atoms with Gasteiger partial charge in [-0.15, -0.1) is 0 Å². The molecule has 0 aliphatic rings. The Balaban J connectivity index is 2.50. The molecule has 1 N–H and O–H groups in total. The normalized spacial score (nSPS) is 13.3. The molecule has 1 aromatic rings. The molecule has 0 aliphatic carbocycles. The maximum absolute atomic E-state index is 8.75. The summed E-state index contributed by atoms with van der Waals surface area (Å²) >= 11 is 0. The lowest BCUT2D eigenvalue weighted by Gasteiger charge is -2.11. The lowest BCUT2D eigenvalue weighted by Crippen LogP contribution is -2.21. The molecule has 0 saturated carbocycles. The third-order valence-corrected chi connectivity index (χ3v) is 2.15. The summed E-state index contributed by atoms with van der Waals surface area (Å²) in [5, 5.41) is 12.6. The van der Waals surface area contributed by atoms with Crippen molar-refractivity contribution in [1.82, 2.24) is 15.0 Å². The molecule has 0 amide bonds. The zero-order valence-corrected chi connectivity index (χ0v) is 10.0. The SMILES string of the molecule is CCOC(C)c1noc(CN(C)CCO)n1. The van der Waals surface area contributed by atoms with Crippen molar-refractivity contribution in [2.45, 2.75) is 26.5 Å². The largest absolute Gasteiger partial charge is 0.395 e. The molecule has 0 spiro atoms. The van der Waals surface area contributed by atoms with Gasteiger partial charge in [-0.1, -0.05) is 5.16 Å². The molecule has 0 radical (unpaired) electrons. The second kappa shape index (κ2) is 6.57. The molecule has 16 heavy (non-hydrogen) atoms. The van der Waals surface area contributed by atoms with Crippen LogP contribution in [0.2, 0.25) is 0 Å². The van der Waals surface area contributed by atoms with Gasteiger partial charge in [0.2, 0.25) is 5.89 Å². The second-order valence-corrected chi connectivity index (χ2v) is 3.61. The number of hydrogen-bond acceptors (Lipinski definition) is 6. The van der Waals surface area contributed by atoms with Crippen LogP contribution >= 0.6 is 0 Å². The Morgan fingerprint density at radius 3 is 2.94 bits per heavy atom. The van der Waals surface area contributed by atoms with Gasteiger partial charge >= 0.3 is 0 Å². The van der Waals surface area contributed by atoms with Crippen molar-refractivity contribution in [2.24, 2.45) is 0 Å². The first-order valence-corrected chi connectivity index (χ1v) is 5.40. The van der Waals surface area contributed by atoms with Crippen LogP contribution in [0.15, 0.2) is 4.52 Å². The van der Waals surface area contributed by atoms with Crippen molar-refractivity contribution in [3.63, 3.8) is 0 Å². The predicted molar refractivity (Wildman–Crippen MR) is 57.8 cm³/mol. The first kappa shape index (κ1) is 13.1. The number of aliphatic hydroxyl groups excluding tert-OH is 1. The molecule has 1 rings (SSSR count). The molecule has 0 aromatic carbocycles. The Bertz CT molecular complexity index is 303. The van der Waals surface area contributed by atoms with Gasteiger partial charge in [0.05, 0.1) is 13.2 Å². The summed E-state index contributed by atoms with van der Waals surface area (Å²) in [5.41, 5.74) is 0. The third-order valence-electron chi connectivity index (χ3n) is 2.15. The molecule has 6 heteroatoms. The number of rotatable bonds is 7.